The number of hydrogen-bond acceptors (Lipinski definition) is 5. The lowest BCUT2D eigenvalue weighted by Crippen LogP contribution is -2.60. The average Bonchev–Trinajstić information content (AvgIpc) is 2.94. The summed E-state index contributed by atoms with van der Waals surface area (Å²) in [6.07, 6.45) is -2.04. The molecule has 0 aliphatic heterocycles. The van der Waals surface area contributed by atoms with Gasteiger partial charge in [0, 0.05) is 33.7 Å². The molecule has 3 amide bonds. The third-order valence-corrected chi connectivity index (χ3v) is 8.12. The molecule has 3 aromatic rings. The van der Waals surface area contributed by atoms with Crippen LogP contribution in [0.25, 0.3) is 0 Å². The molecule has 10 heteroatoms. The molecule has 0 saturated carbocycles. The summed E-state index contributed by atoms with van der Waals surface area (Å²) < 4.78 is 13.5. The molecule has 0 spiro atoms. The molecule has 0 fully saturated rings. The summed E-state index contributed by atoms with van der Waals surface area (Å²) in [4.78, 5) is 41.4. The smallest absolute Gasteiger partial charge is 0.408 e. The zero-order chi connectivity index (χ0) is 33.4. The van der Waals surface area contributed by atoms with Crippen molar-refractivity contribution in [2.24, 2.45) is 0 Å². The fourth-order valence-electron chi connectivity index (χ4n) is 4.99. The zero-order valence-electron chi connectivity index (χ0n) is 26.7. The molecule has 3 rings (SSSR count). The number of nitrogens with one attached hydrogen (secondary N) is 2. The van der Waals surface area contributed by atoms with E-state index in [2.05, 4.69) is 10.6 Å². The molecule has 0 aliphatic carbocycles. The number of aliphatic hydroxyl groups excluding tert-OH is 1. The minimum atomic E-state index is -1.26. The highest BCUT2D eigenvalue weighted by Crippen LogP contribution is 2.26. The molecule has 0 aliphatic rings. The molecule has 0 bridgehead atoms. The molecule has 4 N–H and O–H groups in total. The quantitative estimate of drug-likeness (QED) is 0.183. The van der Waals surface area contributed by atoms with Gasteiger partial charge in [-0.15, -0.1) is 11.8 Å². The molecule has 0 heterocycles. The number of aliphatic hydroxyl groups is 1. The largest absolute Gasteiger partial charge is 0.465 e. The normalized spacial score (nSPS) is 13.8. The fourth-order valence-corrected chi connectivity index (χ4v) is 5.97. The third-order valence-electron chi connectivity index (χ3n) is 7.03. The van der Waals surface area contributed by atoms with Crippen LogP contribution in [0.1, 0.15) is 63.0 Å². The Kier molecular flexibility index (Phi) is 12.2. The number of carboxylic acid groups (broad SMARTS) is 1. The second-order valence-corrected chi connectivity index (χ2v) is 14.1. The number of benzene rings is 3. The fraction of sp³-hybridized carbons (Fsp3) is 0.400. The molecular formula is C35H44FN3O5S. The van der Waals surface area contributed by atoms with Gasteiger partial charge in [-0.2, -0.15) is 0 Å². The topological polar surface area (TPSA) is 119 Å². The first-order chi connectivity index (χ1) is 21.0. The van der Waals surface area contributed by atoms with Crippen LogP contribution in [0.15, 0.2) is 83.8 Å². The number of carbonyl (C=O) groups excluding carboxylic acids is 2. The summed E-state index contributed by atoms with van der Waals surface area (Å²) in [5.41, 5.74) is 0.517. The van der Waals surface area contributed by atoms with E-state index in [-0.39, 0.29) is 24.5 Å². The van der Waals surface area contributed by atoms with E-state index in [0.717, 1.165) is 10.5 Å². The molecule has 3 aromatic carbocycles. The van der Waals surface area contributed by atoms with Gasteiger partial charge in [-0.25, -0.2) is 9.18 Å². The lowest BCUT2D eigenvalue weighted by Gasteiger charge is -2.39. The van der Waals surface area contributed by atoms with E-state index < -0.39 is 47.1 Å². The minimum absolute atomic E-state index is 0.0605. The van der Waals surface area contributed by atoms with Gasteiger partial charge in [0.05, 0.1) is 12.1 Å². The van der Waals surface area contributed by atoms with Crippen molar-refractivity contribution in [3.8, 4) is 0 Å². The lowest BCUT2D eigenvalue weighted by molar-refractivity contribution is -0.128. The highest BCUT2D eigenvalue weighted by molar-refractivity contribution is 7.99. The first-order valence-corrected chi connectivity index (χ1v) is 15.9. The summed E-state index contributed by atoms with van der Waals surface area (Å²) in [7, 11) is 0. The van der Waals surface area contributed by atoms with Crippen LogP contribution in [0.2, 0.25) is 0 Å². The van der Waals surface area contributed by atoms with E-state index in [0.29, 0.717) is 16.0 Å². The number of amides is 3. The zero-order valence-corrected chi connectivity index (χ0v) is 27.5. The maximum atomic E-state index is 14.0. The van der Waals surface area contributed by atoms with Gasteiger partial charge in [-0.1, -0.05) is 48.5 Å². The van der Waals surface area contributed by atoms with Crippen molar-refractivity contribution in [1.82, 2.24) is 15.5 Å². The number of carbonyl (C=O) groups is 3. The molecule has 45 heavy (non-hydrogen) atoms. The van der Waals surface area contributed by atoms with Crippen molar-refractivity contribution in [3.05, 3.63) is 101 Å². The van der Waals surface area contributed by atoms with E-state index in [1.807, 2.05) is 51.1 Å². The van der Waals surface area contributed by atoms with Crippen LogP contribution in [-0.4, -0.2) is 68.0 Å². The van der Waals surface area contributed by atoms with E-state index in [1.165, 1.54) is 23.9 Å². The van der Waals surface area contributed by atoms with Crippen molar-refractivity contribution >= 4 is 29.7 Å². The van der Waals surface area contributed by atoms with Gasteiger partial charge < -0.3 is 20.8 Å². The standard InChI is InChI=1S/C35H44FN3O5S/c1-34(2,3)38-31(41)27-15-11-10-14-24(27)21-30(40)28(20-23-12-8-7-9-13-23)37-32(42)29(39(33(43)44)35(4,5)6)22-45-26-18-16-25(36)17-19-26/h7-19,28-30,40H,20-22H2,1-6H3,(H,37,42)(H,38,41)(H,43,44)/t28-,29+,30+/m0/s1. The minimum Gasteiger partial charge on any atom is -0.465 e. The highest BCUT2D eigenvalue weighted by atomic mass is 32.2. The molecule has 0 radical (unpaired) electrons. The summed E-state index contributed by atoms with van der Waals surface area (Å²) >= 11 is 1.24. The summed E-state index contributed by atoms with van der Waals surface area (Å²) in [6.45, 7) is 10.8. The second-order valence-electron chi connectivity index (χ2n) is 13.0. The van der Waals surface area contributed by atoms with Crippen molar-refractivity contribution in [2.75, 3.05) is 5.75 Å². The van der Waals surface area contributed by atoms with Crippen LogP contribution in [0.5, 0.6) is 0 Å². The Morgan fingerprint density at radius 2 is 1.47 bits per heavy atom. The van der Waals surface area contributed by atoms with Crippen molar-refractivity contribution in [2.45, 2.75) is 88.5 Å². The Labute approximate surface area is 269 Å². The maximum absolute atomic E-state index is 14.0. The van der Waals surface area contributed by atoms with Gasteiger partial charge in [-0.3, -0.25) is 14.5 Å². The van der Waals surface area contributed by atoms with Crippen LogP contribution in [0, 0.1) is 5.82 Å². The SMILES string of the molecule is CC(C)(C)NC(=O)c1ccccc1C[C@@H](O)[C@H](Cc1ccccc1)NC(=O)[C@@H](CSc1ccc(F)cc1)N(C(=O)O)C(C)(C)C. The Hall–Kier alpha value is -3.89. The number of nitrogens with zero attached hydrogens (tertiary/aromatic N) is 1. The van der Waals surface area contributed by atoms with Crippen LogP contribution in [0.3, 0.4) is 0 Å². The van der Waals surface area contributed by atoms with Crippen LogP contribution < -0.4 is 10.6 Å². The Morgan fingerprint density at radius 1 is 0.867 bits per heavy atom. The molecule has 0 saturated heterocycles. The molecule has 3 atom stereocenters. The Balaban J connectivity index is 1.93. The lowest BCUT2D eigenvalue weighted by atomic mass is 9.93. The third kappa shape index (κ3) is 10.9. The molecule has 8 nitrogen and oxygen atoms in total. The van der Waals surface area contributed by atoms with E-state index >= 15 is 0 Å². The molecular weight excluding hydrogens is 593 g/mol. The van der Waals surface area contributed by atoms with E-state index in [4.69, 9.17) is 0 Å². The number of thioether (sulfide) groups is 1. The van der Waals surface area contributed by atoms with Crippen LogP contribution >= 0.6 is 11.8 Å². The van der Waals surface area contributed by atoms with Crippen molar-refractivity contribution in [3.63, 3.8) is 0 Å². The predicted molar refractivity (Wildman–Crippen MR) is 176 cm³/mol. The summed E-state index contributed by atoms with van der Waals surface area (Å²) in [6, 6.07) is 20.2. The molecule has 242 valence electrons. The van der Waals surface area contributed by atoms with Crippen LogP contribution in [-0.2, 0) is 17.6 Å². The van der Waals surface area contributed by atoms with E-state index in [9.17, 15) is 29.0 Å². The number of hydrogen-bond donors (Lipinski definition) is 4. The van der Waals surface area contributed by atoms with Gasteiger partial charge >= 0.3 is 6.09 Å². The van der Waals surface area contributed by atoms with Gasteiger partial charge in [-0.05, 0) is 89.4 Å². The number of rotatable bonds is 12. The van der Waals surface area contributed by atoms with Gasteiger partial charge in [0.1, 0.15) is 11.9 Å². The molecule has 0 unspecified atom stereocenters. The summed E-state index contributed by atoms with van der Waals surface area (Å²) in [5.74, 6) is -1.18. The predicted octanol–water partition coefficient (Wildman–Crippen LogP) is 5.92. The summed E-state index contributed by atoms with van der Waals surface area (Å²) in [5, 5.41) is 27.7. The van der Waals surface area contributed by atoms with Gasteiger partial charge in [0.15, 0.2) is 0 Å². The van der Waals surface area contributed by atoms with E-state index in [1.54, 1.807) is 57.2 Å². The second kappa shape index (κ2) is 15.4. The first-order valence-electron chi connectivity index (χ1n) is 14.9. The average molecular weight is 638 g/mol. The number of halogens is 1. The van der Waals surface area contributed by atoms with Crippen LogP contribution in [0.4, 0.5) is 9.18 Å². The monoisotopic (exact) mass is 637 g/mol. The van der Waals surface area contributed by atoms with Crippen molar-refractivity contribution < 1.29 is 29.0 Å². The maximum Gasteiger partial charge on any atom is 0.408 e. The Morgan fingerprint density at radius 3 is 2.04 bits per heavy atom. The Bertz CT molecular complexity index is 1440. The van der Waals surface area contributed by atoms with Gasteiger partial charge in [0.2, 0.25) is 5.91 Å². The highest BCUT2D eigenvalue weighted by Gasteiger charge is 2.39. The van der Waals surface area contributed by atoms with Gasteiger partial charge in [0.25, 0.3) is 5.91 Å². The van der Waals surface area contributed by atoms with Crippen molar-refractivity contribution in [1.29, 1.82) is 0 Å². The molecule has 0 aromatic heterocycles. The first kappa shape index (κ1) is 35.6.